The molecule has 4 saturated carbocycles. The molecule has 0 aromatic carbocycles. The van der Waals surface area contributed by atoms with Crippen molar-refractivity contribution in [1.29, 1.82) is 0 Å². The molecule has 4 N–H and O–H groups in total. The van der Waals surface area contributed by atoms with E-state index in [-0.39, 0.29) is 42.2 Å². The van der Waals surface area contributed by atoms with Crippen molar-refractivity contribution in [2.75, 3.05) is 13.7 Å². The van der Waals surface area contributed by atoms with Crippen LogP contribution in [-0.4, -0.2) is 87.9 Å². The lowest BCUT2D eigenvalue weighted by molar-refractivity contribution is -0.176. The maximum atomic E-state index is 13.1. The van der Waals surface area contributed by atoms with Gasteiger partial charge >= 0.3 is 6.18 Å². The SMILES string of the molecule is CN1NC(C(=O)NC23CCC(NC(=O)COC4CCC(Cl)C(Cl)C4)(CC2)[C@@H](O)C3)CC1C(F)(F)F. The van der Waals surface area contributed by atoms with E-state index in [9.17, 15) is 27.9 Å². The summed E-state index contributed by atoms with van der Waals surface area (Å²) in [6, 6.07) is -2.73. The number of alkyl halides is 5. The highest BCUT2D eigenvalue weighted by Crippen LogP contribution is 2.47. The van der Waals surface area contributed by atoms with Gasteiger partial charge in [-0.3, -0.25) is 9.59 Å². The van der Waals surface area contributed by atoms with Crippen molar-refractivity contribution in [1.82, 2.24) is 21.1 Å². The summed E-state index contributed by atoms with van der Waals surface area (Å²) in [6.07, 6.45) is -1.66. The quantitative estimate of drug-likeness (QED) is 0.381. The van der Waals surface area contributed by atoms with E-state index in [0.29, 0.717) is 32.1 Å². The molecule has 35 heavy (non-hydrogen) atoms. The number of carbonyl (C=O) groups excluding carboxylic acids is 2. The number of nitrogens with one attached hydrogen (secondary N) is 3. The van der Waals surface area contributed by atoms with Crippen molar-refractivity contribution in [3.63, 3.8) is 0 Å². The Morgan fingerprint density at radius 1 is 1.11 bits per heavy atom. The van der Waals surface area contributed by atoms with E-state index in [1.165, 1.54) is 7.05 Å². The molecule has 13 heteroatoms. The first-order chi connectivity index (χ1) is 16.3. The van der Waals surface area contributed by atoms with E-state index in [2.05, 4.69) is 16.1 Å². The topological polar surface area (TPSA) is 103 Å². The Morgan fingerprint density at radius 3 is 2.37 bits per heavy atom. The molecule has 5 fully saturated rings. The lowest BCUT2D eigenvalue weighted by Gasteiger charge is -2.56. The first-order valence-electron chi connectivity index (χ1n) is 12.1. The lowest BCUT2D eigenvalue weighted by Crippen LogP contribution is -2.71. The highest BCUT2D eigenvalue weighted by atomic mass is 35.5. The Hall–Kier alpha value is -0.850. The molecule has 1 saturated heterocycles. The maximum Gasteiger partial charge on any atom is 0.405 e. The fourth-order valence-electron chi connectivity index (χ4n) is 6.00. The summed E-state index contributed by atoms with van der Waals surface area (Å²) in [5, 5.41) is 17.4. The number of hydrogen-bond donors (Lipinski definition) is 4. The van der Waals surface area contributed by atoms with Crippen LogP contribution in [0.5, 0.6) is 0 Å². The molecule has 0 aromatic rings. The van der Waals surface area contributed by atoms with Crippen molar-refractivity contribution in [2.24, 2.45) is 0 Å². The zero-order valence-electron chi connectivity index (χ0n) is 19.5. The fraction of sp³-hybridized carbons (Fsp3) is 0.909. The van der Waals surface area contributed by atoms with Crippen LogP contribution in [-0.2, 0) is 14.3 Å². The van der Waals surface area contributed by atoms with Gasteiger partial charge in [0.05, 0.1) is 28.5 Å². The molecule has 4 aliphatic carbocycles. The van der Waals surface area contributed by atoms with Gasteiger partial charge in [0.25, 0.3) is 0 Å². The monoisotopic (exact) mass is 544 g/mol. The van der Waals surface area contributed by atoms with Crippen LogP contribution in [0.3, 0.4) is 0 Å². The molecule has 0 spiro atoms. The number of hydrazine groups is 1. The van der Waals surface area contributed by atoms with Gasteiger partial charge in [-0.05, 0) is 57.8 Å². The summed E-state index contributed by atoms with van der Waals surface area (Å²) >= 11 is 12.3. The Kier molecular flexibility index (Phi) is 7.87. The molecule has 1 aliphatic heterocycles. The molecule has 0 aromatic heterocycles. The van der Waals surface area contributed by atoms with Crippen LogP contribution < -0.4 is 16.1 Å². The van der Waals surface area contributed by atoms with Crippen molar-refractivity contribution in [2.45, 2.75) is 110 Å². The number of carbonyl (C=O) groups is 2. The maximum absolute atomic E-state index is 13.1. The van der Waals surface area contributed by atoms with Gasteiger partial charge in [-0.25, -0.2) is 10.4 Å². The summed E-state index contributed by atoms with van der Waals surface area (Å²) in [5.41, 5.74) is 1.09. The standard InChI is InChI=1S/C22H33Cl2F3N4O4/c1-31-16(22(25,26)27)9-15(30-31)19(34)29-20-4-6-21(7-5-20,17(32)10-20)28-18(33)11-35-12-2-3-13(23)14(24)8-12/h12-17,30,32H,2-11H2,1H3,(H,28,33)(H,29,34)/t12?,13?,14?,15?,16?,17-,20?,21?/m0/s1. The van der Waals surface area contributed by atoms with Crippen LogP contribution in [0.4, 0.5) is 13.2 Å². The Morgan fingerprint density at radius 2 is 1.80 bits per heavy atom. The zero-order valence-corrected chi connectivity index (χ0v) is 21.1. The van der Waals surface area contributed by atoms with Crippen LogP contribution >= 0.6 is 23.2 Å². The highest BCUT2D eigenvalue weighted by molar-refractivity contribution is 6.30. The molecule has 200 valence electrons. The number of hydrogen-bond acceptors (Lipinski definition) is 6. The summed E-state index contributed by atoms with van der Waals surface area (Å²) in [6.45, 7) is -0.140. The fourth-order valence-corrected chi connectivity index (χ4v) is 6.55. The second-order valence-electron chi connectivity index (χ2n) is 10.6. The number of amides is 2. The van der Waals surface area contributed by atoms with Crippen molar-refractivity contribution in [3.8, 4) is 0 Å². The molecule has 6 atom stereocenters. The van der Waals surface area contributed by atoms with E-state index >= 15 is 0 Å². The van der Waals surface area contributed by atoms with E-state index in [4.69, 9.17) is 27.9 Å². The molecule has 2 amide bonds. The van der Waals surface area contributed by atoms with E-state index in [0.717, 1.165) is 17.9 Å². The predicted octanol–water partition coefficient (Wildman–Crippen LogP) is 1.96. The third-order valence-corrected chi connectivity index (χ3v) is 9.31. The first-order valence-corrected chi connectivity index (χ1v) is 13.0. The Labute approximate surface area is 212 Å². The number of fused-ring (bicyclic) bond motifs is 3. The van der Waals surface area contributed by atoms with Crippen LogP contribution in [0, 0.1) is 0 Å². The molecule has 2 bridgehead atoms. The van der Waals surface area contributed by atoms with Gasteiger partial charge in [-0.2, -0.15) is 13.2 Å². The number of aliphatic hydroxyl groups is 1. The molecular formula is C22H33Cl2F3N4O4. The predicted molar refractivity (Wildman–Crippen MR) is 123 cm³/mol. The van der Waals surface area contributed by atoms with E-state index in [1.807, 2.05) is 0 Å². The molecule has 5 unspecified atom stereocenters. The van der Waals surface area contributed by atoms with Crippen LogP contribution in [0.1, 0.15) is 57.8 Å². The minimum absolute atomic E-state index is 0.0963. The van der Waals surface area contributed by atoms with Gasteiger partial charge in [0.2, 0.25) is 11.8 Å². The van der Waals surface area contributed by atoms with Crippen molar-refractivity contribution < 1.29 is 32.6 Å². The van der Waals surface area contributed by atoms with Crippen LogP contribution in [0.25, 0.3) is 0 Å². The average Bonchev–Trinajstić information content (AvgIpc) is 3.18. The average molecular weight is 545 g/mol. The lowest BCUT2D eigenvalue weighted by atomic mass is 9.59. The summed E-state index contributed by atoms with van der Waals surface area (Å²) in [5.74, 6) is -0.829. The number of aliphatic hydroxyl groups excluding tert-OH is 1. The highest BCUT2D eigenvalue weighted by Gasteiger charge is 2.56. The minimum Gasteiger partial charge on any atom is -0.391 e. The molecule has 0 radical (unpaired) electrons. The smallest absolute Gasteiger partial charge is 0.391 e. The first kappa shape index (κ1) is 27.2. The zero-order chi connectivity index (χ0) is 25.6. The molecule has 1 heterocycles. The third-order valence-electron chi connectivity index (χ3n) is 8.17. The minimum atomic E-state index is -4.43. The number of halogens is 5. The van der Waals surface area contributed by atoms with E-state index in [1.54, 1.807) is 0 Å². The van der Waals surface area contributed by atoms with Crippen LogP contribution in [0.2, 0.25) is 0 Å². The Balaban J connectivity index is 1.27. The van der Waals surface area contributed by atoms with Gasteiger partial charge in [0.15, 0.2) is 0 Å². The normalized spacial score (nSPS) is 42.1. The summed E-state index contributed by atoms with van der Waals surface area (Å²) < 4.78 is 45.2. The number of ether oxygens (including phenoxy) is 1. The van der Waals surface area contributed by atoms with Gasteiger partial charge < -0.3 is 20.5 Å². The van der Waals surface area contributed by atoms with Gasteiger partial charge in [0, 0.05) is 12.6 Å². The second kappa shape index (κ2) is 10.1. The molecule has 8 nitrogen and oxygen atoms in total. The van der Waals surface area contributed by atoms with Crippen LogP contribution in [0.15, 0.2) is 0 Å². The van der Waals surface area contributed by atoms with Gasteiger partial charge in [-0.15, -0.1) is 23.2 Å². The largest absolute Gasteiger partial charge is 0.405 e. The van der Waals surface area contributed by atoms with Gasteiger partial charge in [-0.1, -0.05) is 0 Å². The molecular weight excluding hydrogens is 512 g/mol. The second-order valence-corrected chi connectivity index (χ2v) is 11.7. The summed E-state index contributed by atoms with van der Waals surface area (Å²) in [4.78, 5) is 25.4. The third kappa shape index (κ3) is 5.85. The molecule has 5 rings (SSSR count). The summed E-state index contributed by atoms with van der Waals surface area (Å²) in [7, 11) is 1.27. The Bertz CT molecular complexity index is 812. The van der Waals surface area contributed by atoms with Gasteiger partial charge in [0.1, 0.15) is 18.7 Å². The molecule has 5 aliphatic rings. The van der Waals surface area contributed by atoms with E-state index < -0.39 is 41.3 Å². The number of rotatable bonds is 6. The van der Waals surface area contributed by atoms with Crippen molar-refractivity contribution >= 4 is 35.0 Å². The van der Waals surface area contributed by atoms with Crippen molar-refractivity contribution in [3.05, 3.63) is 0 Å². The number of nitrogens with zero attached hydrogens (tertiary/aromatic N) is 1.